The topological polar surface area (TPSA) is 27.1 Å². The summed E-state index contributed by atoms with van der Waals surface area (Å²) in [7, 11) is 0. The molecule has 0 aliphatic carbocycles. The second kappa shape index (κ2) is 6.10. The second-order valence-electron chi connectivity index (χ2n) is 3.73. The third kappa shape index (κ3) is 3.50. The van der Waals surface area contributed by atoms with E-state index in [1.165, 1.54) is 29.1 Å². The van der Waals surface area contributed by atoms with Crippen molar-refractivity contribution >= 4 is 15.9 Å². The predicted octanol–water partition coefficient (Wildman–Crippen LogP) is 3.63. The van der Waals surface area contributed by atoms with Crippen molar-refractivity contribution in [3.63, 3.8) is 0 Å². The molecule has 19 heavy (non-hydrogen) atoms. The Kier molecular flexibility index (Phi) is 4.47. The van der Waals surface area contributed by atoms with Crippen LogP contribution in [0.2, 0.25) is 0 Å². The number of para-hydroxylation sites is 1. The van der Waals surface area contributed by atoms with Crippen LogP contribution >= 0.6 is 15.9 Å². The van der Waals surface area contributed by atoms with E-state index in [0.29, 0.717) is 10.3 Å². The number of rotatable bonds is 5. The van der Waals surface area contributed by atoms with Gasteiger partial charge in [0.15, 0.2) is 11.6 Å². The van der Waals surface area contributed by atoms with Crippen LogP contribution in [0.4, 0.5) is 13.2 Å². The summed E-state index contributed by atoms with van der Waals surface area (Å²) < 4.78 is 45.1. The van der Waals surface area contributed by atoms with Gasteiger partial charge in [0.2, 0.25) is 0 Å². The van der Waals surface area contributed by atoms with E-state index < -0.39 is 18.8 Å². The van der Waals surface area contributed by atoms with Crippen LogP contribution in [0.15, 0.2) is 35.1 Å². The van der Waals surface area contributed by atoms with Gasteiger partial charge in [-0.05, 0) is 28.1 Å². The highest BCUT2D eigenvalue weighted by Crippen LogP contribution is 2.28. The number of hydrogen-bond donors (Lipinski definition) is 0. The van der Waals surface area contributed by atoms with E-state index in [2.05, 4.69) is 20.9 Å². The highest BCUT2D eigenvalue weighted by Gasteiger charge is 2.12. The summed E-state index contributed by atoms with van der Waals surface area (Å²) in [5, 5.41) is 0. The summed E-state index contributed by atoms with van der Waals surface area (Å²) in [5.41, 5.74) is 0. The van der Waals surface area contributed by atoms with Gasteiger partial charge < -0.3 is 9.30 Å². The molecule has 0 fully saturated rings. The number of halogens is 4. The molecule has 2 aromatic rings. The average molecular weight is 335 g/mol. The zero-order valence-electron chi connectivity index (χ0n) is 9.69. The van der Waals surface area contributed by atoms with Gasteiger partial charge in [-0.3, -0.25) is 0 Å². The first-order chi connectivity index (χ1) is 9.08. The molecule has 0 spiro atoms. The van der Waals surface area contributed by atoms with Crippen LogP contribution in [0.1, 0.15) is 5.82 Å². The first kappa shape index (κ1) is 13.9. The number of ether oxygens (including phenoxy) is 1. The molecule has 0 aliphatic rings. The highest BCUT2D eigenvalue weighted by molar-refractivity contribution is 9.10. The van der Waals surface area contributed by atoms with Gasteiger partial charge in [-0.1, -0.05) is 6.07 Å². The maximum Gasteiger partial charge on any atom is 0.256 e. The van der Waals surface area contributed by atoms with Gasteiger partial charge in [0.05, 0.1) is 11.0 Å². The van der Waals surface area contributed by atoms with E-state index in [4.69, 9.17) is 4.74 Å². The number of hydrogen-bond acceptors (Lipinski definition) is 2. The van der Waals surface area contributed by atoms with Crippen molar-refractivity contribution in [3.8, 4) is 5.75 Å². The van der Waals surface area contributed by atoms with Crippen molar-refractivity contribution in [2.75, 3.05) is 0 Å². The molecular formula is C12H10BrF3N2O. The number of alkyl halides is 2. The molecule has 0 N–H and O–H groups in total. The van der Waals surface area contributed by atoms with Crippen LogP contribution in [0.5, 0.6) is 5.75 Å². The minimum absolute atomic E-state index is 0.0362. The maximum absolute atomic E-state index is 13.5. The van der Waals surface area contributed by atoms with Crippen molar-refractivity contribution < 1.29 is 17.9 Å². The SMILES string of the molecule is Fc1cccc(Br)c1OCc1nccn1CC(F)F. The lowest BCUT2D eigenvalue weighted by molar-refractivity contribution is 0.123. The Bertz CT molecular complexity index is 539. The zero-order chi connectivity index (χ0) is 13.8. The minimum Gasteiger partial charge on any atom is -0.481 e. The number of nitrogens with zero attached hydrogens (tertiary/aromatic N) is 2. The molecule has 0 saturated heterocycles. The molecule has 3 nitrogen and oxygen atoms in total. The van der Waals surface area contributed by atoms with E-state index in [1.807, 2.05) is 0 Å². The molecule has 1 aromatic heterocycles. The molecule has 0 saturated carbocycles. The fraction of sp³-hybridized carbons (Fsp3) is 0.250. The third-order valence-corrected chi connectivity index (χ3v) is 3.03. The monoisotopic (exact) mass is 334 g/mol. The van der Waals surface area contributed by atoms with Crippen molar-refractivity contribution in [3.05, 3.63) is 46.7 Å². The van der Waals surface area contributed by atoms with Crippen LogP contribution in [0.25, 0.3) is 0 Å². The first-order valence-electron chi connectivity index (χ1n) is 5.43. The first-order valence-corrected chi connectivity index (χ1v) is 6.22. The lowest BCUT2D eigenvalue weighted by Gasteiger charge is -2.10. The Morgan fingerprint density at radius 1 is 1.37 bits per heavy atom. The van der Waals surface area contributed by atoms with Crippen LogP contribution in [0, 0.1) is 5.82 Å². The van der Waals surface area contributed by atoms with E-state index in [-0.39, 0.29) is 12.4 Å². The van der Waals surface area contributed by atoms with Gasteiger partial charge in [0.1, 0.15) is 12.4 Å². The van der Waals surface area contributed by atoms with Crippen molar-refractivity contribution in [2.24, 2.45) is 0 Å². The highest BCUT2D eigenvalue weighted by atomic mass is 79.9. The minimum atomic E-state index is -2.48. The fourth-order valence-electron chi connectivity index (χ4n) is 1.55. The molecule has 0 radical (unpaired) electrons. The zero-order valence-corrected chi connectivity index (χ0v) is 11.3. The molecule has 1 heterocycles. The molecule has 2 rings (SSSR count). The van der Waals surface area contributed by atoms with Gasteiger partial charge in [0, 0.05) is 12.4 Å². The molecule has 7 heteroatoms. The summed E-state index contributed by atoms with van der Waals surface area (Å²) in [6.07, 6.45) is 0.353. The van der Waals surface area contributed by atoms with E-state index in [9.17, 15) is 13.2 Å². The van der Waals surface area contributed by atoms with Crippen LogP contribution in [-0.4, -0.2) is 16.0 Å². The van der Waals surface area contributed by atoms with Crippen molar-refractivity contribution in [1.29, 1.82) is 0 Å². The van der Waals surface area contributed by atoms with Crippen LogP contribution in [-0.2, 0) is 13.2 Å². The van der Waals surface area contributed by atoms with Crippen LogP contribution in [0.3, 0.4) is 0 Å². The Balaban J connectivity index is 2.09. The predicted molar refractivity (Wildman–Crippen MR) is 66.7 cm³/mol. The van der Waals surface area contributed by atoms with Gasteiger partial charge in [-0.2, -0.15) is 0 Å². The molecule has 0 bridgehead atoms. The molecule has 0 aliphatic heterocycles. The maximum atomic E-state index is 13.5. The van der Waals surface area contributed by atoms with Crippen molar-refractivity contribution in [1.82, 2.24) is 9.55 Å². The summed E-state index contributed by atoms with van der Waals surface area (Å²) >= 11 is 3.16. The molecule has 0 unspecified atom stereocenters. The average Bonchev–Trinajstić information content (AvgIpc) is 2.75. The number of imidazole rings is 1. The molecule has 0 amide bonds. The Hall–Kier alpha value is -1.50. The van der Waals surface area contributed by atoms with E-state index >= 15 is 0 Å². The fourth-order valence-corrected chi connectivity index (χ4v) is 2.01. The Labute approximate surface area is 116 Å². The summed E-state index contributed by atoms with van der Waals surface area (Å²) in [6, 6.07) is 4.42. The van der Waals surface area contributed by atoms with Gasteiger partial charge >= 0.3 is 0 Å². The molecule has 1 aromatic carbocycles. The normalized spacial score (nSPS) is 11.0. The smallest absolute Gasteiger partial charge is 0.256 e. The van der Waals surface area contributed by atoms with Gasteiger partial charge in [0.25, 0.3) is 6.43 Å². The summed E-state index contributed by atoms with van der Waals surface area (Å²) in [5.74, 6) is -0.175. The molecule has 102 valence electrons. The standard InChI is InChI=1S/C12H10BrF3N2O/c13-8-2-1-3-9(14)12(8)19-7-11-17-4-5-18(11)6-10(15)16/h1-5,10H,6-7H2. The van der Waals surface area contributed by atoms with Crippen molar-refractivity contribution in [2.45, 2.75) is 19.6 Å². The van der Waals surface area contributed by atoms with E-state index in [0.717, 1.165) is 0 Å². The van der Waals surface area contributed by atoms with E-state index in [1.54, 1.807) is 6.07 Å². The van der Waals surface area contributed by atoms with Gasteiger partial charge in [-0.15, -0.1) is 0 Å². The summed E-state index contributed by atoms with van der Waals surface area (Å²) in [4.78, 5) is 3.91. The Morgan fingerprint density at radius 2 is 2.16 bits per heavy atom. The number of aromatic nitrogens is 2. The molecular weight excluding hydrogens is 325 g/mol. The van der Waals surface area contributed by atoms with Crippen LogP contribution < -0.4 is 4.74 Å². The quantitative estimate of drug-likeness (QED) is 0.834. The lowest BCUT2D eigenvalue weighted by atomic mass is 10.3. The van der Waals surface area contributed by atoms with Gasteiger partial charge in [-0.25, -0.2) is 18.2 Å². The lowest BCUT2D eigenvalue weighted by Crippen LogP contribution is -2.12. The number of benzene rings is 1. The summed E-state index contributed by atoms with van der Waals surface area (Å²) in [6.45, 7) is -0.545. The largest absolute Gasteiger partial charge is 0.481 e. The Morgan fingerprint density at radius 3 is 2.84 bits per heavy atom. The second-order valence-corrected chi connectivity index (χ2v) is 4.58. The molecule has 0 atom stereocenters. The third-order valence-electron chi connectivity index (χ3n) is 2.40.